The molecule has 1 aromatic carbocycles. The Bertz CT molecular complexity index is 1080. The van der Waals surface area contributed by atoms with Gasteiger partial charge in [0.05, 0.1) is 17.1 Å². The Morgan fingerprint density at radius 1 is 1.17 bits per heavy atom. The highest BCUT2D eigenvalue weighted by Gasteiger charge is 2.24. The number of rotatable bonds is 4. The second-order valence-electron chi connectivity index (χ2n) is 7.31. The lowest BCUT2D eigenvalue weighted by Gasteiger charge is -2.28. The van der Waals surface area contributed by atoms with Gasteiger partial charge in [0.15, 0.2) is 5.78 Å². The Morgan fingerprint density at radius 2 is 1.83 bits per heavy atom. The average Bonchev–Trinajstić information content (AvgIpc) is 2.73. The smallest absolute Gasteiger partial charge is 0.318 e. The number of nitrogens with one attached hydrogen (secondary N) is 1. The number of ketones is 1. The standard InChI is InChI=1S/C22H23ClN4O3/c1-13(27(4)22(30)25-14-9-10-19(28)18(23)11-14)17-12-24-20(21(29)26(2)3)16-8-6-5-7-15(16)17/h5-14H,1-4H3,(H,25,30). The zero-order valence-corrected chi connectivity index (χ0v) is 18.0. The van der Waals surface area contributed by atoms with Crippen molar-refractivity contribution >= 4 is 40.1 Å². The second-order valence-corrected chi connectivity index (χ2v) is 7.71. The summed E-state index contributed by atoms with van der Waals surface area (Å²) >= 11 is 5.87. The first-order valence-electron chi connectivity index (χ1n) is 9.43. The largest absolute Gasteiger partial charge is 0.343 e. The van der Waals surface area contributed by atoms with Crippen molar-refractivity contribution in [2.24, 2.45) is 0 Å². The summed E-state index contributed by atoms with van der Waals surface area (Å²) in [5.74, 6) is -0.465. The van der Waals surface area contributed by atoms with E-state index in [1.54, 1.807) is 38.3 Å². The molecule has 0 radical (unpaired) electrons. The molecule has 3 rings (SSSR count). The first-order valence-corrected chi connectivity index (χ1v) is 9.81. The number of halogens is 1. The lowest BCUT2D eigenvalue weighted by Crippen LogP contribution is -2.43. The number of urea groups is 1. The highest BCUT2D eigenvalue weighted by atomic mass is 35.5. The van der Waals surface area contributed by atoms with Crippen LogP contribution in [0.15, 0.2) is 53.7 Å². The Morgan fingerprint density at radius 3 is 2.47 bits per heavy atom. The van der Waals surface area contributed by atoms with Gasteiger partial charge in [0.1, 0.15) is 5.69 Å². The van der Waals surface area contributed by atoms with E-state index in [-0.39, 0.29) is 28.8 Å². The second kappa shape index (κ2) is 8.67. The number of pyridine rings is 1. The third-order valence-electron chi connectivity index (χ3n) is 5.09. The Kier molecular flexibility index (Phi) is 6.22. The number of allylic oxidation sites excluding steroid dienone is 2. The number of hydrogen-bond donors (Lipinski definition) is 1. The maximum atomic E-state index is 12.8. The minimum absolute atomic E-state index is 0.0786. The van der Waals surface area contributed by atoms with Crippen molar-refractivity contribution in [1.29, 1.82) is 0 Å². The van der Waals surface area contributed by atoms with Gasteiger partial charge in [0.25, 0.3) is 5.91 Å². The Labute approximate surface area is 180 Å². The quantitative estimate of drug-likeness (QED) is 0.813. The van der Waals surface area contributed by atoms with Gasteiger partial charge >= 0.3 is 6.03 Å². The SMILES string of the molecule is CC(c1cnc(C(=O)N(C)C)c2ccccc12)N(C)C(=O)NC1C=CC(=O)C(Cl)=C1. The lowest BCUT2D eigenvalue weighted by atomic mass is 9.99. The Balaban J connectivity index is 1.87. The fourth-order valence-electron chi connectivity index (χ4n) is 3.21. The average molecular weight is 427 g/mol. The van der Waals surface area contributed by atoms with Crippen LogP contribution >= 0.6 is 11.6 Å². The van der Waals surface area contributed by atoms with Crippen molar-refractivity contribution in [3.05, 3.63) is 65.0 Å². The highest BCUT2D eigenvalue weighted by Crippen LogP contribution is 2.29. The van der Waals surface area contributed by atoms with E-state index in [4.69, 9.17) is 11.6 Å². The van der Waals surface area contributed by atoms with Gasteiger partial charge in [-0.25, -0.2) is 4.79 Å². The van der Waals surface area contributed by atoms with Crippen LogP contribution in [0, 0.1) is 0 Å². The molecule has 1 aliphatic carbocycles. The van der Waals surface area contributed by atoms with E-state index in [0.29, 0.717) is 5.69 Å². The monoisotopic (exact) mass is 426 g/mol. The zero-order valence-electron chi connectivity index (χ0n) is 17.2. The normalized spacial score (nSPS) is 16.8. The molecule has 0 bridgehead atoms. The van der Waals surface area contributed by atoms with E-state index in [2.05, 4.69) is 10.3 Å². The molecule has 2 atom stereocenters. The molecule has 0 spiro atoms. The summed E-state index contributed by atoms with van der Waals surface area (Å²) in [7, 11) is 5.04. The van der Waals surface area contributed by atoms with Crippen molar-refractivity contribution in [1.82, 2.24) is 20.1 Å². The number of nitrogens with zero attached hydrogens (tertiary/aromatic N) is 3. The van der Waals surface area contributed by atoms with E-state index < -0.39 is 6.04 Å². The number of aromatic nitrogens is 1. The molecule has 156 valence electrons. The first kappa shape index (κ1) is 21.5. The highest BCUT2D eigenvalue weighted by molar-refractivity contribution is 6.44. The van der Waals surface area contributed by atoms with Crippen LogP contribution in [0.5, 0.6) is 0 Å². The first-order chi connectivity index (χ1) is 14.2. The van der Waals surface area contributed by atoms with Crippen LogP contribution in [0.1, 0.15) is 29.0 Å². The van der Waals surface area contributed by atoms with Crippen LogP contribution < -0.4 is 5.32 Å². The van der Waals surface area contributed by atoms with E-state index in [0.717, 1.165) is 16.3 Å². The molecular formula is C22H23ClN4O3. The molecule has 3 amide bonds. The molecule has 8 heteroatoms. The molecule has 0 saturated carbocycles. The van der Waals surface area contributed by atoms with Gasteiger partial charge in [0.2, 0.25) is 0 Å². The van der Waals surface area contributed by atoms with Crippen LogP contribution in [0.2, 0.25) is 0 Å². The van der Waals surface area contributed by atoms with Crippen molar-refractivity contribution in [2.75, 3.05) is 21.1 Å². The predicted octanol–water partition coefficient (Wildman–Crippen LogP) is 3.27. The van der Waals surface area contributed by atoms with Crippen molar-refractivity contribution in [3.63, 3.8) is 0 Å². The number of fused-ring (bicyclic) bond motifs is 1. The molecule has 2 unspecified atom stereocenters. The fourth-order valence-corrected chi connectivity index (χ4v) is 3.41. The van der Waals surface area contributed by atoms with Gasteiger partial charge in [-0.2, -0.15) is 0 Å². The summed E-state index contributed by atoms with van der Waals surface area (Å²) in [5, 5.41) is 4.49. The number of carbonyl (C=O) groups excluding carboxylic acids is 3. The van der Waals surface area contributed by atoms with Gasteiger partial charge in [0, 0.05) is 38.3 Å². The Hall–Kier alpha value is -3.19. The van der Waals surface area contributed by atoms with Crippen LogP contribution in [-0.4, -0.2) is 59.7 Å². The van der Waals surface area contributed by atoms with Crippen molar-refractivity contribution in [3.8, 4) is 0 Å². The molecule has 2 aromatic rings. The minimum atomic E-state index is -0.465. The lowest BCUT2D eigenvalue weighted by molar-refractivity contribution is -0.110. The van der Waals surface area contributed by atoms with Gasteiger partial charge < -0.3 is 15.1 Å². The molecule has 1 N–H and O–H groups in total. The number of hydrogen-bond acceptors (Lipinski definition) is 4. The molecule has 7 nitrogen and oxygen atoms in total. The predicted molar refractivity (Wildman–Crippen MR) is 116 cm³/mol. The topological polar surface area (TPSA) is 82.6 Å². The maximum Gasteiger partial charge on any atom is 0.318 e. The molecule has 1 aromatic heterocycles. The van der Waals surface area contributed by atoms with Crippen LogP contribution in [0.3, 0.4) is 0 Å². The van der Waals surface area contributed by atoms with Gasteiger partial charge in [-0.1, -0.05) is 41.9 Å². The third-order valence-corrected chi connectivity index (χ3v) is 5.40. The summed E-state index contributed by atoms with van der Waals surface area (Å²) in [4.78, 5) is 44.1. The molecule has 0 saturated heterocycles. The fraction of sp³-hybridized carbons (Fsp3) is 0.273. The summed E-state index contributed by atoms with van der Waals surface area (Å²) in [6.07, 6.45) is 6.07. The molecule has 0 aliphatic heterocycles. The van der Waals surface area contributed by atoms with Crippen LogP contribution in [0.4, 0.5) is 4.79 Å². The summed E-state index contributed by atoms with van der Waals surface area (Å²) < 4.78 is 0. The van der Waals surface area contributed by atoms with E-state index in [1.165, 1.54) is 17.1 Å². The summed E-state index contributed by atoms with van der Waals surface area (Å²) in [5.41, 5.74) is 1.19. The number of amides is 3. The van der Waals surface area contributed by atoms with Crippen LogP contribution in [-0.2, 0) is 4.79 Å². The van der Waals surface area contributed by atoms with Gasteiger partial charge in [-0.05, 0) is 24.5 Å². The summed E-state index contributed by atoms with van der Waals surface area (Å²) in [6.45, 7) is 1.89. The van der Waals surface area contributed by atoms with Crippen LogP contribution in [0.25, 0.3) is 10.8 Å². The molecular weight excluding hydrogens is 404 g/mol. The van der Waals surface area contributed by atoms with Gasteiger partial charge in [-0.3, -0.25) is 14.6 Å². The third kappa shape index (κ3) is 4.21. The van der Waals surface area contributed by atoms with Gasteiger partial charge in [-0.15, -0.1) is 0 Å². The molecule has 1 aliphatic rings. The van der Waals surface area contributed by atoms with Crippen molar-refractivity contribution in [2.45, 2.75) is 19.0 Å². The van der Waals surface area contributed by atoms with E-state index in [1.807, 2.05) is 31.2 Å². The molecule has 1 heterocycles. The molecule has 30 heavy (non-hydrogen) atoms. The zero-order chi connectivity index (χ0) is 22.0. The molecule has 0 fully saturated rings. The van der Waals surface area contributed by atoms with E-state index >= 15 is 0 Å². The minimum Gasteiger partial charge on any atom is -0.343 e. The summed E-state index contributed by atoms with van der Waals surface area (Å²) in [6, 6.07) is 6.40. The maximum absolute atomic E-state index is 12.8. The van der Waals surface area contributed by atoms with Crippen molar-refractivity contribution < 1.29 is 14.4 Å². The number of benzene rings is 1. The number of carbonyl (C=O) groups is 3. The van der Waals surface area contributed by atoms with E-state index in [9.17, 15) is 14.4 Å².